The van der Waals surface area contributed by atoms with Gasteiger partial charge in [-0.25, -0.2) is 4.39 Å². The summed E-state index contributed by atoms with van der Waals surface area (Å²) in [6, 6.07) is 76.9. The molecule has 1 aromatic heterocycles. The first-order chi connectivity index (χ1) is 28.6. The first-order valence-electron chi connectivity index (χ1n) is 19.7. The fourth-order valence-electron chi connectivity index (χ4n) is 9.15. The fourth-order valence-corrected chi connectivity index (χ4v) is 10.2. The van der Waals surface area contributed by atoms with Crippen LogP contribution in [0.3, 0.4) is 0 Å². The number of benzene rings is 9. The first kappa shape index (κ1) is 34.2. The van der Waals surface area contributed by atoms with Gasteiger partial charge in [-0.05, 0) is 122 Å². The molecule has 58 heavy (non-hydrogen) atoms. The van der Waals surface area contributed by atoms with Crippen LogP contribution in [0.1, 0.15) is 22.3 Å². The highest BCUT2D eigenvalue weighted by Crippen LogP contribution is 2.58. The number of halogens is 1. The van der Waals surface area contributed by atoms with E-state index in [1.54, 1.807) is 12.1 Å². The second-order valence-corrected chi connectivity index (χ2v) is 16.1. The quantitative estimate of drug-likeness (QED) is 0.163. The first-order valence-corrected chi connectivity index (χ1v) is 20.5. The van der Waals surface area contributed by atoms with Crippen molar-refractivity contribution in [2.45, 2.75) is 5.41 Å². The average Bonchev–Trinajstić information content (AvgIpc) is 3.67. The maximum atomic E-state index is 15.9. The van der Waals surface area contributed by atoms with Gasteiger partial charge in [0.25, 0.3) is 0 Å². The van der Waals surface area contributed by atoms with Crippen molar-refractivity contribution in [3.05, 3.63) is 246 Å². The Morgan fingerprint density at radius 3 is 1.57 bits per heavy atom. The number of hydrogen-bond donors (Lipinski definition) is 0. The molecule has 11 rings (SSSR count). The lowest BCUT2D eigenvalue weighted by Gasteiger charge is -2.46. The van der Waals surface area contributed by atoms with E-state index in [1.807, 2.05) is 23.5 Å². The van der Waals surface area contributed by atoms with Crippen LogP contribution in [-0.2, 0) is 5.41 Å². The third-order valence-corrected chi connectivity index (χ3v) is 12.9. The zero-order valence-corrected chi connectivity index (χ0v) is 32.3. The van der Waals surface area contributed by atoms with Crippen LogP contribution in [0.15, 0.2) is 218 Å². The van der Waals surface area contributed by atoms with Gasteiger partial charge in [0, 0.05) is 25.9 Å². The van der Waals surface area contributed by atoms with Gasteiger partial charge in [0.2, 0.25) is 0 Å². The Morgan fingerprint density at radius 2 is 0.862 bits per heavy atom. The molecule has 0 N–H and O–H groups in total. The molecular formula is C55H36FNS. The molecular weight excluding hydrogens is 726 g/mol. The fraction of sp³-hybridized carbons (Fsp3) is 0.0182. The summed E-state index contributed by atoms with van der Waals surface area (Å²) in [6.45, 7) is 0. The molecule has 0 saturated heterocycles. The summed E-state index contributed by atoms with van der Waals surface area (Å²) in [5.41, 5.74) is 13.2. The minimum Gasteiger partial charge on any atom is -0.310 e. The molecule has 0 fully saturated rings. The number of fused-ring (bicyclic) bond motifs is 5. The molecule has 0 saturated carbocycles. The van der Waals surface area contributed by atoms with Crippen molar-refractivity contribution in [2.24, 2.45) is 0 Å². The van der Waals surface area contributed by atoms with Crippen molar-refractivity contribution < 1.29 is 4.39 Å². The number of nitrogens with zero attached hydrogens (tertiary/aromatic N) is 1. The van der Waals surface area contributed by atoms with Gasteiger partial charge in [0.15, 0.2) is 0 Å². The predicted molar refractivity (Wildman–Crippen MR) is 242 cm³/mol. The van der Waals surface area contributed by atoms with Gasteiger partial charge >= 0.3 is 0 Å². The van der Waals surface area contributed by atoms with E-state index in [0.29, 0.717) is 0 Å². The summed E-state index contributed by atoms with van der Waals surface area (Å²) >= 11 is 1.84. The molecule has 10 aromatic rings. The lowest BCUT2D eigenvalue weighted by atomic mass is 9.62. The van der Waals surface area contributed by atoms with Gasteiger partial charge in [-0.2, -0.15) is 0 Å². The largest absolute Gasteiger partial charge is 0.310 e. The second-order valence-electron chi connectivity index (χ2n) is 15.0. The Kier molecular flexibility index (Phi) is 8.16. The van der Waals surface area contributed by atoms with Crippen LogP contribution in [0.2, 0.25) is 0 Å². The topological polar surface area (TPSA) is 3.24 Å². The molecule has 0 atom stereocenters. The molecule has 0 spiro atoms. The minimum atomic E-state index is -0.825. The van der Waals surface area contributed by atoms with Crippen molar-refractivity contribution in [3.63, 3.8) is 0 Å². The third kappa shape index (κ3) is 5.50. The Balaban J connectivity index is 1.14. The van der Waals surface area contributed by atoms with Crippen molar-refractivity contribution >= 4 is 48.6 Å². The summed E-state index contributed by atoms with van der Waals surface area (Å²) in [7, 11) is 0. The van der Waals surface area contributed by atoms with Crippen molar-refractivity contribution in [3.8, 4) is 33.4 Å². The minimum absolute atomic E-state index is 0.267. The molecule has 0 radical (unpaired) electrons. The van der Waals surface area contributed by atoms with E-state index in [4.69, 9.17) is 0 Å². The van der Waals surface area contributed by atoms with Crippen LogP contribution in [0.5, 0.6) is 0 Å². The van der Waals surface area contributed by atoms with Crippen molar-refractivity contribution in [1.82, 2.24) is 0 Å². The zero-order chi connectivity index (χ0) is 38.6. The van der Waals surface area contributed by atoms with Crippen LogP contribution >= 0.6 is 11.3 Å². The van der Waals surface area contributed by atoms with E-state index in [0.717, 1.165) is 61.6 Å². The molecule has 9 aromatic carbocycles. The Morgan fingerprint density at radius 1 is 0.362 bits per heavy atom. The Labute approximate surface area is 341 Å². The summed E-state index contributed by atoms with van der Waals surface area (Å²) in [4.78, 5) is 2.31. The maximum absolute atomic E-state index is 15.9. The molecule has 274 valence electrons. The molecule has 0 unspecified atom stereocenters. The lowest BCUT2D eigenvalue weighted by Crippen LogP contribution is -2.38. The van der Waals surface area contributed by atoms with E-state index in [9.17, 15) is 0 Å². The molecule has 0 bridgehead atoms. The number of hydrogen-bond acceptors (Lipinski definition) is 2. The van der Waals surface area contributed by atoms with E-state index in [1.165, 1.54) is 31.3 Å². The smallest absolute Gasteiger partial charge is 0.123 e. The predicted octanol–water partition coefficient (Wildman–Crippen LogP) is 15.4. The Hall–Kier alpha value is -7.07. The highest BCUT2D eigenvalue weighted by atomic mass is 32.1. The average molecular weight is 762 g/mol. The van der Waals surface area contributed by atoms with Crippen LogP contribution in [0, 0.1) is 5.82 Å². The van der Waals surface area contributed by atoms with Gasteiger partial charge in [0.05, 0.1) is 16.8 Å². The van der Waals surface area contributed by atoms with Gasteiger partial charge in [-0.3, -0.25) is 0 Å². The van der Waals surface area contributed by atoms with Crippen molar-refractivity contribution in [2.75, 3.05) is 4.90 Å². The lowest BCUT2D eigenvalue weighted by molar-refractivity contribution is 0.618. The molecule has 2 heterocycles. The summed E-state index contributed by atoms with van der Waals surface area (Å²) < 4.78 is 18.5. The van der Waals surface area contributed by atoms with Crippen molar-refractivity contribution in [1.29, 1.82) is 0 Å². The van der Waals surface area contributed by atoms with E-state index in [-0.39, 0.29) is 5.82 Å². The van der Waals surface area contributed by atoms with Crippen LogP contribution in [0.25, 0.3) is 53.6 Å². The Bertz CT molecular complexity index is 3080. The molecule has 0 aliphatic carbocycles. The number of anilines is 3. The maximum Gasteiger partial charge on any atom is 0.123 e. The third-order valence-electron chi connectivity index (χ3n) is 11.8. The van der Waals surface area contributed by atoms with E-state index < -0.39 is 5.41 Å². The molecule has 1 aliphatic heterocycles. The summed E-state index contributed by atoms with van der Waals surface area (Å²) in [5, 5.41) is 2.58. The zero-order valence-electron chi connectivity index (χ0n) is 31.5. The molecule has 3 heteroatoms. The van der Waals surface area contributed by atoms with E-state index >= 15 is 4.39 Å². The molecule has 0 amide bonds. The molecule has 1 aliphatic rings. The van der Waals surface area contributed by atoms with Gasteiger partial charge < -0.3 is 4.90 Å². The van der Waals surface area contributed by atoms with Crippen LogP contribution < -0.4 is 4.90 Å². The number of rotatable bonds is 6. The standard InChI is InChI=1S/C55H36FNS/c56-45-27-31-52-50(36-45)55(43-17-6-2-7-18-43,44-19-8-3-9-20-44)49-35-42(25-30-51(49)57(52)46-28-23-38(24-29-46)37-13-4-1-5-14-37)40-16-12-15-39(33-40)41-26-32-54-48(34-41)47-21-10-11-22-53(47)58-54/h1-36H. The summed E-state index contributed by atoms with van der Waals surface area (Å²) in [5.74, 6) is -0.267. The monoisotopic (exact) mass is 761 g/mol. The van der Waals surface area contributed by atoms with Crippen LogP contribution in [0.4, 0.5) is 21.5 Å². The van der Waals surface area contributed by atoms with Gasteiger partial charge in [-0.15, -0.1) is 11.3 Å². The SMILES string of the molecule is Fc1ccc2c(c1)C(c1ccccc1)(c1ccccc1)c1cc(-c3cccc(-c4ccc5sc6ccccc6c5c4)c3)ccc1N2c1ccc(-c2ccccc2)cc1. The van der Waals surface area contributed by atoms with E-state index in [2.05, 4.69) is 199 Å². The highest BCUT2D eigenvalue weighted by Gasteiger charge is 2.47. The second kappa shape index (κ2) is 13.8. The summed E-state index contributed by atoms with van der Waals surface area (Å²) in [6.07, 6.45) is 0. The van der Waals surface area contributed by atoms with Crippen LogP contribution in [-0.4, -0.2) is 0 Å². The molecule has 1 nitrogen and oxygen atoms in total. The highest BCUT2D eigenvalue weighted by molar-refractivity contribution is 7.25. The number of thiophene rings is 1. The normalized spacial score (nSPS) is 13.0. The van der Waals surface area contributed by atoms with Gasteiger partial charge in [0.1, 0.15) is 5.82 Å². The van der Waals surface area contributed by atoms with Gasteiger partial charge in [-0.1, -0.05) is 152 Å².